The van der Waals surface area contributed by atoms with E-state index in [2.05, 4.69) is 4.98 Å². The van der Waals surface area contributed by atoms with Crippen molar-refractivity contribution >= 4 is 5.78 Å². The highest BCUT2D eigenvalue weighted by atomic mass is 16.5. The fourth-order valence-electron chi connectivity index (χ4n) is 2.67. The molecule has 0 aliphatic rings. The van der Waals surface area contributed by atoms with Crippen LogP contribution in [0.2, 0.25) is 0 Å². The van der Waals surface area contributed by atoms with Gasteiger partial charge in [-0.25, -0.2) is 0 Å². The zero-order valence-corrected chi connectivity index (χ0v) is 15.7. The maximum Gasteiger partial charge on any atom is 0.168 e. The molecule has 1 N–H and O–H groups in total. The second kappa shape index (κ2) is 7.72. The van der Waals surface area contributed by atoms with Crippen LogP contribution in [0.25, 0.3) is 0 Å². The van der Waals surface area contributed by atoms with Crippen molar-refractivity contribution < 1.29 is 14.6 Å². The summed E-state index contributed by atoms with van der Waals surface area (Å²) in [5.74, 6) is 1.40. The molecule has 0 saturated carbocycles. The van der Waals surface area contributed by atoms with E-state index in [9.17, 15) is 9.90 Å². The van der Waals surface area contributed by atoms with Crippen molar-refractivity contribution in [2.24, 2.45) is 5.41 Å². The van der Waals surface area contributed by atoms with Crippen molar-refractivity contribution in [3.05, 3.63) is 89.7 Å². The predicted octanol–water partition coefficient (Wildman–Crippen LogP) is 5.18. The molecule has 0 spiro atoms. The van der Waals surface area contributed by atoms with E-state index >= 15 is 0 Å². The molecule has 1 aromatic heterocycles. The van der Waals surface area contributed by atoms with Gasteiger partial charge in [0.15, 0.2) is 5.78 Å². The molecule has 0 amide bonds. The number of benzene rings is 2. The Hall–Kier alpha value is -2.98. The summed E-state index contributed by atoms with van der Waals surface area (Å²) in [5, 5.41) is 10.4. The largest absolute Gasteiger partial charge is 0.457 e. The number of ether oxygens (including phenoxy) is 1. The molecule has 4 nitrogen and oxygen atoms in total. The number of hydrogen-bond acceptors (Lipinski definition) is 4. The van der Waals surface area contributed by atoms with Gasteiger partial charge in [0.1, 0.15) is 17.6 Å². The predicted molar refractivity (Wildman–Crippen MR) is 105 cm³/mol. The number of Topliss-reactive ketones (excluding diaryl/α,β-unsaturated/α-hetero) is 1. The minimum absolute atomic E-state index is 0.0990. The quantitative estimate of drug-likeness (QED) is 0.636. The number of rotatable bonds is 5. The molecule has 0 aliphatic carbocycles. The van der Waals surface area contributed by atoms with Gasteiger partial charge in [0.2, 0.25) is 0 Å². The zero-order chi connectivity index (χ0) is 19.4. The van der Waals surface area contributed by atoms with Crippen LogP contribution in [-0.2, 0) is 0 Å². The maximum absolute atomic E-state index is 12.3. The third kappa shape index (κ3) is 4.60. The minimum atomic E-state index is -0.775. The lowest BCUT2D eigenvalue weighted by atomic mass is 9.86. The van der Waals surface area contributed by atoms with Gasteiger partial charge in [0, 0.05) is 17.2 Å². The average molecular weight is 361 g/mol. The van der Waals surface area contributed by atoms with Crippen LogP contribution in [0.5, 0.6) is 11.5 Å². The van der Waals surface area contributed by atoms with Crippen LogP contribution in [0.1, 0.15) is 48.5 Å². The van der Waals surface area contributed by atoms with E-state index in [-0.39, 0.29) is 5.78 Å². The van der Waals surface area contributed by atoms with Gasteiger partial charge < -0.3 is 9.84 Å². The molecule has 2 aromatic carbocycles. The van der Waals surface area contributed by atoms with Crippen molar-refractivity contribution in [3.63, 3.8) is 0 Å². The fourth-order valence-corrected chi connectivity index (χ4v) is 2.67. The Balaban J connectivity index is 1.69. The van der Waals surface area contributed by atoms with Crippen molar-refractivity contribution in [2.75, 3.05) is 0 Å². The Morgan fingerprint density at radius 2 is 1.52 bits per heavy atom. The molecule has 0 saturated heterocycles. The van der Waals surface area contributed by atoms with E-state index in [1.165, 1.54) is 0 Å². The summed E-state index contributed by atoms with van der Waals surface area (Å²) in [6.45, 7) is 5.71. The molecular weight excluding hydrogens is 338 g/mol. The first-order valence-corrected chi connectivity index (χ1v) is 8.86. The molecule has 0 radical (unpaired) electrons. The lowest BCUT2D eigenvalue weighted by Gasteiger charge is -2.16. The molecule has 0 bridgehead atoms. The molecule has 1 atom stereocenters. The molecule has 1 unspecified atom stereocenters. The summed E-state index contributed by atoms with van der Waals surface area (Å²) in [6.07, 6.45) is 0.882. The summed E-state index contributed by atoms with van der Waals surface area (Å²) < 4.78 is 5.83. The first-order chi connectivity index (χ1) is 12.8. The van der Waals surface area contributed by atoms with Gasteiger partial charge in [-0.1, -0.05) is 39.0 Å². The molecule has 3 aromatic rings. The summed E-state index contributed by atoms with van der Waals surface area (Å²) >= 11 is 0. The third-order valence-corrected chi connectivity index (χ3v) is 4.20. The second-order valence-corrected chi connectivity index (χ2v) is 7.43. The van der Waals surface area contributed by atoms with Gasteiger partial charge in [-0.15, -0.1) is 0 Å². The number of hydrogen-bond donors (Lipinski definition) is 1. The van der Waals surface area contributed by atoms with Gasteiger partial charge in [0.25, 0.3) is 0 Å². The number of aromatic nitrogens is 1. The van der Waals surface area contributed by atoms with Crippen molar-refractivity contribution in [2.45, 2.75) is 26.9 Å². The normalized spacial score (nSPS) is 12.4. The van der Waals surface area contributed by atoms with Crippen molar-refractivity contribution in [1.29, 1.82) is 0 Å². The monoisotopic (exact) mass is 361 g/mol. The van der Waals surface area contributed by atoms with Gasteiger partial charge in [-0.3, -0.25) is 9.78 Å². The summed E-state index contributed by atoms with van der Waals surface area (Å²) in [5.41, 5.74) is 1.60. The van der Waals surface area contributed by atoms with E-state index in [1.807, 2.05) is 45.0 Å². The van der Waals surface area contributed by atoms with Crippen molar-refractivity contribution in [1.82, 2.24) is 4.98 Å². The molecular formula is C23H23NO3. The van der Waals surface area contributed by atoms with Gasteiger partial charge >= 0.3 is 0 Å². The van der Waals surface area contributed by atoms with Crippen LogP contribution in [0, 0.1) is 5.41 Å². The molecule has 4 heteroatoms. The maximum atomic E-state index is 12.3. The topological polar surface area (TPSA) is 59.4 Å². The molecule has 0 fully saturated rings. The fraction of sp³-hybridized carbons (Fsp3) is 0.217. The second-order valence-electron chi connectivity index (χ2n) is 7.43. The number of carbonyl (C=O) groups is 1. The summed E-state index contributed by atoms with van der Waals surface area (Å²) in [7, 11) is 0. The number of aliphatic hydroxyl groups is 1. The third-order valence-electron chi connectivity index (χ3n) is 4.20. The van der Waals surface area contributed by atoms with Crippen LogP contribution in [0.4, 0.5) is 0 Å². The Labute approximate surface area is 159 Å². The van der Waals surface area contributed by atoms with Crippen LogP contribution in [0.15, 0.2) is 72.9 Å². The highest BCUT2D eigenvalue weighted by Gasteiger charge is 2.22. The average Bonchev–Trinajstić information content (AvgIpc) is 2.68. The Morgan fingerprint density at radius 1 is 0.926 bits per heavy atom. The number of aliphatic hydroxyl groups excluding tert-OH is 1. The number of pyridine rings is 1. The SMILES string of the molecule is CC(C)(C)C(=O)c1ccc(Oc2ccc(C(O)c3ccccn3)cc2)cc1. The lowest BCUT2D eigenvalue weighted by Crippen LogP contribution is -2.19. The van der Waals surface area contributed by atoms with E-state index < -0.39 is 11.5 Å². The number of nitrogens with zero attached hydrogens (tertiary/aromatic N) is 1. The summed E-state index contributed by atoms with van der Waals surface area (Å²) in [4.78, 5) is 16.5. The highest BCUT2D eigenvalue weighted by Crippen LogP contribution is 2.27. The van der Waals surface area contributed by atoms with Gasteiger partial charge in [0.05, 0.1) is 5.69 Å². The first kappa shape index (κ1) is 18.8. The standard InChI is InChI=1S/C23H23NO3/c1-23(2,3)22(26)17-9-13-19(14-10-17)27-18-11-7-16(8-12-18)21(25)20-6-4-5-15-24-20/h4-15,21,25H,1-3H3. The molecule has 3 rings (SSSR count). The van der Waals surface area contributed by atoms with Crippen molar-refractivity contribution in [3.8, 4) is 11.5 Å². The number of ketones is 1. The van der Waals surface area contributed by atoms with Gasteiger partial charge in [-0.2, -0.15) is 0 Å². The van der Waals surface area contributed by atoms with Crippen LogP contribution >= 0.6 is 0 Å². The van der Waals surface area contributed by atoms with Crippen LogP contribution in [0.3, 0.4) is 0 Å². The smallest absolute Gasteiger partial charge is 0.168 e. The van der Waals surface area contributed by atoms with Gasteiger partial charge in [-0.05, 0) is 54.1 Å². The molecule has 0 aliphatic heterocycles. The minimum Gasteiger partial charge on any atom is -0.457 e. The summed E-state index contributed by atoms with van der Waals surface area (Å²) in [6, 6.07) is 19.8. The Kier molecular flexibility index (Phi) is 5.38. The Morgan fingerprint density at radius 3 is 2.04 bits per heavy atom. The zero-order valence-electron chi connectivity index (χ0n) is 15.7. The lowest BCUT2D eigenvalue weighted by molar-refractivity contribution is 0.0858. The van der Waals surface area contributed by atoms with E-state index in [0.717, 1.165) is 5.56 Å². The number of carbonyl (C=O) groups excluding carboxylic acids is 1. The van der Waals surface area contributed by atoms with E-state index in [4.69, 9.17) is 4.74 Å². The first-order valence-electron chi connectivity index (χ1n) is 8.86. The van der Waals surface area contributed by atoms with E-state index in [0.29, 0.717) is 22.8 Å². The molecule has 138 valence electrons. The molecule has 27 heavy (non-hydrogen) atoms. The van der Waals surface area contributed by atoms with Crippen LogP contribution in [-0.4, -0.2) is 15.9 Å². The van der Waals surface area contributed by atoms with E-state index in [1.54, 1.807) is 48.7 Å². The highest BCUT2D eigenvalue weighted by molar-refractivity contribution is 5.99. The van der Waals surface area contributed by atoms with Crippen LogP contribution < -0.4 is 4.74 Å². The molecule has 1 heterocycles. The Bertz CT molecular complexity index is 895.